The van der Waals surface area contributed by atoms with Crippen molar-refractivity contribution in [2.75, 3.05) is 33.4 Å². The van der Waals surface area contributed by atoms with Crippen molar-refractivity contribution in [3.05, 3.63) is 53.7 Å². The van der Waals surface area contributed by atoms with Gasteiger partial charge in [0.25, 0.3) is 5.91 Å². The Balaban J connectivity index is 1.55. The molecule has 0 radical (unpaired) electrons. The van der Waals surface area contributed by atoms with E-state index in [1.807, 2.05) is 36.9 Å². The molecule has 1 spiro atoms. The highest BCUT2D eigenvalue weighted by molar-refractivity contribution is 5.92. The van der Waals surface area contributed by atoms with Gasteiger partial charge in [-0.3, -0.25) is 9.78 Å². The van der Waals surface area contributed by atoms with Gasteiger partial charge in [-0.1, -0.05) is 0 Å². The van der Waals surface area contributed by atoms with Crippen molar-refractivity contribution in [2.24, 2.45) is 0 Å². The van der Waals surface area contributed by atoms with Gasteiger partial charge in [0.1, 0.15) is 11.4 Å². The first-order valence-corrected chi connectivity index (χ1v) is 12.3. The molecule has 4 heterocycles. The second kappa shape index (κ2) is 9.42. The number of likely N-dealkylation sites (tertiary alicyclic amines) is 1. The number of carbonyl (C=O) groups excluding carboxylic acids is 2. The first-order chi connectivity index (χ1) is 17.4. The van der Waals surface area contributed by atoms with Gasteiger partial charge in [0.15, 0.2) is 0 Å². The van der Waals surface area contributed by atoms with Crippen molar-refractivity contribution in [1.82, 2.24) is 30.1 Å². The van der Waals surface area contributed by atoms with Gasteiger partial charge in [-0.05, 0) is 44.4 Å². The molecule has 36 heavy (non-hydrogen) atoms. The number of carbonyl (C=O) groups is 2. The van der Waals surface area contributed by atoms with E-state index in [0.29, 0.717) is 38.2 Å². The molecule has 2 aliphatic heterocycles. The fourth-order valence-corrected chi connectivity index (χ4v) is 5.67. The predicted molar refractivity (Wildman–Crippen MR) is 134 cm³/mol. The van der Waals surface area contributed by atoms with Crippen LogP contribution in [0.5, 0.6) is 5.75 Å². The number of H-pyrrole nitrogens is 1. The van der Waals surface area contributed by atoms with Crippen molar-refractivity contribution in [3.8, 4) is 5.75 Å². The van der Waals surface area contributed by atoms with Gasteiger partial charge in [0, 0.05) is 66.1 Å². The van der Waals surface area contributed by atoms with Gasteiger partial charge in [0.05, 0.1) is 26.0 Å². The quantitative estimate of drug-likeness (QED) is 0.514. The number of methoxy groups -OCH3 is 1. The zero-order valence-corrected chi connectivity index (χ0v) is 20.8. The van der Waals surface area contributed by atoms with Crippen molar-refractivity contribution in [3.63, 3.8) is 0 Å². The van der Waals surface area contributed by atoms with Crippen molar-refractivity contribution >= 4 is 22.8 Å². The summed E-state index contributed by atoms with van der Waals surface area (Å²) in [6, 6.07) is 5.18. The van der Waals surface area contributed by atoms with Gasteiger partial charge < -0.3 is 29.9 Å². The van der Waals surface area contributed by atoms with E-state index in [0.717, 1.165) is 27.9 Å². The lowest BCUT2D eigenvalue weighted by molar-refractivity contribution is 0.0520. The molecule has 0 bridgehead atoms. The molecule has 1 atom stereocenters. The smallest absolute Gasteiger partial charge is 0.318 e. The Morgan fingerprint density at radius 2 is 2.06 bits per heavy atom. The zero-order chi connectivity index (χ0) is 25.4. The number of fused-ring (bicyclic) bond motifs is 4. The van der Waals surface area contributed by atoms with Gasteiger partial charge in [-0.25, -0.2) is 9.78 Å². The minimum absolute atomic E-state index is 0.0346. The number of ether oxygens (including phenoxy) is 1. The predicted octanol–water partition coefficient (Wildman–Crippen LogP) is 2.61. The maximum absolute atomic E-state index is 13.3. The third-order valence-corrected chi connectivity index (χ3v) is 7.38. The number of hydrogen-bond donors (Lipinski definition) is 3. The molecule has 10 nitrogen and oxygen atoms in total. The van der Waals surface area contributed by atoms with Crippen LogP contribution in [-0.4, -0.2) is 81.2 Å². The number of aliphatic hydroxyl groups excluding tert-OH is 1. The Morgan fingerprint density at radius 3 is 2.69 bits per heavy atom. The van der Waals surface area contributed by atoms with Gasteiger partial charge in [-0.15, -0.1) is 0 Å². The Labute approximate surface area is 209 Å². The third-order valence-electron chi connectivity index (χ3n) is 7.38. The maximum atomic E-state index is 13.3. The first kappa shape index (κ1) is 24.1. The summed E-state index contributed by atoms with van der Waals surface area (Å²) in [7, 11) is 1.63. The lowest BCUT2D eigenvalue weighted by atomic mass is 9.68. The summed E-state index contributed by atoms with van der Waals surface area (Å²) in [4.78, 5) is 41.6. The van der Waals surface area contributed by atoms with Crippen LogP contribution >= 0.6 is 0 Å². The number of piperidine rings is 1. The molecule has 2 aromatic heterocycles. The monoisotopic (exact) mass is 492 g/mol. The van der Waals surface area contributed by atoms with Crippen LogP contribution in [0.3, 0.4) is 0 Å². The van der Waals surface area contributed by atoms with Crippen molar-refractivity contribution < 1.29 is 19.4 Å². The number of amides is 3. The van der Waals surface area contributed by atoms with E-state index in [1.54, 1.807) is 18.2 Å². The number of aromatic nitrogens is 3. The number of nitrogens with zero attached hydrogens (tertiary/aromatic N) is 4. The topological polar surface area (TPSA) is 124 Å². The van der Waals surface area contributed by atoms with Crippen LogP contribution < -0.4 is 10.1 Å². The summed E-state index contributed by atoms with van der Waals surface area (Å²) in [5.41, 5.74) is 2.83. The fourth-order valence-electron chi connectivity index (χ4n) is 5.67. The SMILES string of the molecule is COc1ccc2c3c([nH]c2c1)[C@@H](CO)N(C(=O)NC(C)C)CC31CCN(C(=O)c2cnccn2)CC1. The van der Waals surface area contributed by atoms with E-state index in [-0.39, 0.29) is 30.0 Å². The first-order valence-electron chi connectivity index (χ1n) is 12.3. The fraction of sp³-hybridized carbons (Fsp3) is 0.462. The number of nitrogens with one attached hydrogen (secondary N) is 2. The summed E-state index contributed by atoms with van der Waals surface area (Å²) < 4.78 is 5.43. The average Bonchev–Trinajstić information content (AvgIpc) is 3.28. The van der Waals surface area contributed by atoms with E-state index in [9.17, 15) is 14.7 Å². The normalized spacial score (nSPS) is 19.0. The molecule has 190 valence electrons. The molecule has 3 N–H and O–H groups in total. The average molecular weight is 493 g/mol. The van der Waals surface area contributed by atoms with E-state index in [1.165, 1.54) is 12.4 Å². The Morgan fingerprint density at radius 1 is 1.28 bits per heavy atom. The Hall–Kier alpha value is -3.66. The Kier molecular flexibility index (Phi) is 6.29. The van der Waals surface area contributed by atoms with Crippen LogP contribution in [0, 0.1) is 0 Å². The number of urea groups is 1. The van der Waals surface area contributed by atoms with Crippen LogP contribution in [0.15, 0.2) is 36.8 Å². The standard InChI is InChI=1S/C26H32N6O4/c1-16(2)29-25(35)32-15-26(6-10-31(11-7-26)24(34)20-13-27-8-9-28-20)22-18-5-4-17(36-3)12-19(18)30-23(22)21(32)14-33/h4-5,8-9,12-13,16,21,30,33H,6-7,10-11,14-15H2,1-3H3,(H,29,35)/t21-/m1/s1. The van der Waals surface area contributed by atoms with E-state index >= 15 is 0 Å². The van der Waals surface area contributed by atoms with Gasteiger partial charge in [-0.2, -0.15) is 0 Å². The van der Waals surface area contributed by atoms with Crippen LogP contribution in [0.2, 0.25) is 0 Å². The van der Waals surface area contributed by atoms with Gasteiger partial charge >= 0.3 is 6.03 Å². The second-order valence-corrected chi connectivity index (χ2v) is 9.92. The molecule has 1 fully saturated rings. The molecule has 3 amide bonds. The molecule has 5 rings (SSSR count). The van der Waals surface area contributed by atoms with Crippen molar-refractivity contribution in [2.45, 2.75) is 44.2 Å². The summed E-state index contributed by atoms with van der Waals surface area (Å²) in [5, 5.41) is 14.5. The van der Waals surface area contributed by atoms with Crippen molar-refractivity contribution in [1.29, 1.82) is 0 Å². The summed E-state index contributed by atoms with van der Waals surface area (Å²) in [6.45, 7) is 5.15. The molecule has 2 aliphatic rings. The maximum Gasteiger partial charge on any atom is 0.318 e. The molecule has 0 aliphatic carbocycles. The van der Waals surface area contributed by atoms with E-state index < -0.39 is 6.04 Å². The minimum Gasteiger partial charge on any atom is -0.497 e. The third kappa shape index (κ3) is 4.05. The van der Waals surface area contributed by atoms with E-state index in [4.69, 9.17) is 4.74 Å². The molecular formula is C26H32N6O4. The Bertz CT molecular complexity index is 1270. The number of benzene rings is 1. The molecular weight excluding hydrogens is 460 g/mol. The largest absolute Gasteiger partial charge is 0.497 e. The molecule has 3 aromatic rings. The summed E-state index contributed by atoms with van der Waals surface area (Å²) >= 11 is 0. The lowest BCUT2D eigenvalue weighted by Gasteiger charge is -2.50. The van der Waals surface area contributed by atoms with Crippen LogP contribution in [-0.2, 0) is 5.41 Å². The minimum atomic E-state index is -0.498. The number of rotatable bonds is 4. The zero-order valence-electron chi connectivity index (χ0n) is 20.8. The molecule has 1 saturated heterocycles. The molecule has 1 aromatic carbocycles. The molecule has 0 unspecified atom stereocenters. The second-order valence-electron chi connectivity index (χ2n) is 9.92. The van der Waals surface area contributed by atoms with Crippen LogP contribution in [0.1, 0.15) is 54.5 Å². The number of hydrogen-bond acceptors (Lipinski definition) is 6. The number of aliphatic hydroxyl groups is 1. The molecule has 0 saturated carbocycles. The highest BCUT2D eigenvalue weighted by Crippen LogP contribution is 2.49. The van der Waals surface area contributed by atoms with Crippen LogP contribution in [0.4, 0.5) is 4.79 Å². The van der Waals surface area contributed by atoms with E-state index in [2.05, 4.69) is 20.3 Å². The van der Waals surface area contributed by atoms with Crippen LogP contribution in [0.25, 0.3) is 10.9 Å². The summed E-state index contributed by atoms with van der Waals surface area (Å²) in [5.74, 6) is 0.592. The highest BCUT2D eigenvalue weighted by Gasteiger charge is 2.49. The number of aromatic amines is 1. The molecule has 10 heteroatoms. The highest BCUT2D eigenvalue weighted by atomic mass is 16.5. The van der Waals surface area contributed by atoms with Gasteiger partial charge in [0.2, 0.25) is 0 Å². The summed E-state index contributed by atoms with van der Waals surface area (Å²) in [6.07, 6.45) is 5.91. The lowest BCUT2D eigenvalue weighted by Crippen LogP contribution is -2.58.